The number of rotatable bonds is 1. The van der Waals surface area contributed by atoms with Crippen LogP contribution in [0.1, 0.15) is 28.7 Å². The van der Waals surface area contributed by atoms with Gasteiger partial charge in [0.2, 0.25) is 0 Å². The molecule has 6 heteroatoms. The molecule has 2 atom stereocenters. The maximum absolute atomic E-state index is 12.5. The lowest BCUT2D eigenvalue weighted by Gasteiger charge is -2.39. The molecular formula is C15H18N2O3S. The van der Waals surface area contributed by atoms with Gasteiger partial charge in [-0.15, -0.1) is 11.3 Å². The van der Waals surface area contributed by atoms with E-state index in [-0.39, 0.29) is 12.5 Å². The van der Waals surface area contributed by atoms with E-state index in [1.54, 1.807) is 35.3 Å². The molecule has 0 aliphatic carbocycles. The fourth-order valence-corrected chi connectivity index (χ4v) is 3.37. The summed E-state index contributed by atoms with van der Waals surface area (Å²) in [6.45, 7) is 4.13. The van der Waals surface area contributed by atoms with Crippen molar-refractivity contribution in [3.05, 3.63) is 28.8 Å². The number of hydrogen-bond donors (Lipinski definition) is 2. The van der Waals surface area contributed by atoms with E-state index < -0.39 is 11.7 Å². The van der Waals surface area contributed by atoms with E-state index in [9.17, 15) is 15.0 Å². The number of thiazole rings is 1. The minimum Gasteiger partial charge on any atom is -0.388 e. The summed E-state index contributed by atoms with van der Waals surface area (Å²) in [5.74, 6) is -0.128. The minimum absolute atomic E-state index is 0.128. The molecule has 2 heterocycles. The predicted molar refractivity (Wildman–Crippen MR) is 81.5 cm³/mol. The van der Waals surface area contributed by atoms with Crippen LogP contribution in [0.2, 0.25) is 0 Å². The van der Waals surface area contributed by atoms with Gasteiger partial charge in [0, 0.05) is 18.7 Å². The van der Waals surface area contributed by atoms with Crippen LogP contribution in [0, 0.1) is 6.92 Å². The number of fused-ring (bicyclic) bond motifs is 1. The number of β-amino-alcohol motifs (C(OH)–C–C–N with tert-alkyl or cyclic N) is 1. The number of nitrogens with zero attached hydrogens (tertiary/aromatic N) is 2. The molecule has 0 bridgehead atoms. The van der Waals surface area contributed by atoms with E-state index in [4.69, 9.17) is 0 Å². The SMILES string of the molecule is Cc1nc2cc(C(=O)N3CC[C@@](C)(O)[C@@H](O)C3)ccc2s1. The first-order chi connectivity index (χ1) is 9.87. The van der Waals surface area contributed by atoms with Gasteiger partial charge in [-0.25, -0.2) is 4.98 Å². The van der Waals surface area contributed by atoms with Gasteiger partial charge in [0.25, 0.3) is 5.91 Å². The maximum atomic E-state index is 12.5. The fourth-order valence-electron chi connectivity index (χ4n) is 2.57. The molecule has 21 heavy (non-hydrogen) atoms. The highest BCUT2D eigenvalue weighted by molar-refractivity contribution is 7.18. The maximum Gasteiger partial charge on any atom is 0.254 e. The lowest BCUT2D eigenvalue weighted by molar-refractivity contribution is -0.0999. The number of likely N-dealkylation sites (tertiary alicyclic amines) is 1. The summed E-state index contributed by atoms with van der Waals surface area (Å²) in [4.78, 5) is 18.5. The quantitative estimate of drug-likeness (QED) is 0.838. The number of aryl methyl sites for hydroxylation is 1. The molecule has 1 fully saturated rings. The second-order valence-corrected chi connectivity index (χ2v) is 7.02. The minimum atomic E-state index is -1.12. The molecule has 0 saturated carbocycles. The molecule has 1 aromatic carbocycles. The van der Waals surface area contributed by atoms with Crippen LogP contribution in [0.3, 0.4) is 0 Å². The van der Waals surface area contributed by atoms with Gasteiger partial charge in [-0.1, -0.05) is 0 Å². The zero-order valence-electron chi connectivity index (χ0n) is 12.0. The number of aliphatic hydroxyl groups excluding tert-OH is 1. The number of benzene rings is 1. The molecule has 1 aromatic heterocycles. The Morgan fingerprint density at radius 3 is 3.00 bits per heavy atom. The van der Waals surface area contributed by atoms with Gasteiger partial charge in [0.05, 0.1) is 26.9 Å². The number of piperidine rings is 1. The zero-order chi connectivity index (χ0) is 15.2. The lowest BCUT2D eigenvalue weighted by Crippen LogP contribution is -2.55. The van der Waals surface area contributed by atoms with Gasteiger partial charge < -0.3 is 15.1 Å². The van der Waals surface area contributed by atoms with Crippen molar-refractivity contribution in [1.82, 2.24) is 9.88 Å². The van der Waals surface area contributed by atoms with Gasteiger partial charge in [-0.05, 0) is 38.5 Å². The smallest absolute Gasteiger partial charge is 0.254 e. The van der Waals surface area contributed by atoms with Gasteiger partial charge in [0.1, 0.15) is 0 Å². The molecule has 1 aliphatic heterocycles. The first-order valence-corrected chi connectivity index (χ1v) is 7.75. The largest absolute Gasteiger partial charge is 0.388 e. The van der Waals surface area contributed by atoms with Gasteiger partial charge in [-0.2, -0.15) is 0 Å². The summed E-state index contributed by atoms with van der Waals surface area (Å²) in [5.41, 5.74) is 0.279. The topological polar surface area (TPSA) is 73.7 Å². The fraction of sp³-hybridized carbons (Fsp3) is 0.467. The van der Waals surface area contributed by atoms with Crippen LogP contribution >= 0.6 is 11.3 Å². The van der Waals surface area contributed by atoms with E-state index in [0.717, 1.165) is 15.2 Å². The molecule has 1 amide bonds. The van der Waals surface area contributed by atoms with E-state index in [2.05, 4.69) is 4.98 Å². The monoisotopic (exact) mass is 306 g/mol. The summed E-state index contributed by atoms with van der Waals surface area (Å²) in [5, 5.41) is 20.9. The van der Waals surface area contributed by atoms with Crippen LogP contribution < -0.4 is 0 Å². The Bertz CT molecular complexity index is 695. The van der Waals surface area contributed by atoms with Crippen LogP contribution in [0.25, 0.3) is 10.2 Å². The summed E-state index contributed by atoms with van der Waals surface area (Å²) in [6, 6.07) is 5.49. The molecular weight excluding hydrogens is 288 g/mol. The van der Waals surface area contributed by atoms with Crippen molar-refractivity contribution < 1.29 is 15.0 Å². The van der Waals surface area contributed by atoms with Crippen molar-refractivity contribution >= 4 is 27.5 Å². The molecule has 5 nitrogen and oxygen atoms in total. The molecule has 1 aliphatic rings. The van der Waals surface area contributed by atoms with Gasteiger partial charge in [0.15, 0.2) is 0 Å². The Balaban J connectivity index is 1.83. The molecule has 0 unspecified atom stereocenters. The summed E-state index contributed by atoms with van der Waals surface area (Å²) in [6.07, 6.45) is -0.543. The second-order valence-electron chi connectivity index (χ2n) is 5.79. The van der Waals surface area contributed by atoms with Crippen molar-refractivity contribution in [2.24, 2.45) is 0 Å². The number of carbonyl (C=O) groups excluding carboxylic acids is 1. The molecule has 1 saturated heterocycles. The standard InChI is InChI=1S/C15H18N2O3S/c1-9-16-11-7-10(3-4-12(11)21-9)14(19)17-6-5-15(2,20)13(18)8-17/h3-4,7,13,18,20H,5-6,8H2,1-2H3/t13-,15+/m0/s1. The zero-order valence-corrected chi connectivity index (χ0v) is 12.9. The summed E-state index contributed by atoms with van der Waals surface area (Å²) >= 11 is 1.60. The van der Waals surface area contributed by atoms with Crippen LogP contribution in [-0.2, 0) is 0 Å². The molecule has 3 rings (SSSR count). The molecule has 112 valence electrons. The van der Waals surface area contributed by atoms with Gasteiger partial charge >= 0.3 is 0 Å². The normalized spacial score (nSPS) is 26.3. The number of hydrogen-bond acceptors (Lipinski definition) is 5. The third-order valence-electron chi connectivity index (χ3n) is 4.03. The number of amides is 1. The number of aliphatic hydroxyl groups is 2. The Morgan fingerprint density at radius 2 is 2.29 bits per heavy atom. The van der Waals surface area contributed by atoms with Crippen molar-refractivity contribution in [2.75, 3.05) is 13.1 Å². The van der Waals surface area contributed by atoms with Crippen LogP contribution in [-0.4, -0.2) is 50.8 Å². The highest BCUT2D eigenvalue weighted by atomic mass is 32.1. The second kappa shape index (κ2) is 5.05. The van der Waals surface area contributed by atoms with Crippen LogP contribution in [0.15, 0.2) is 18.2 Å². The van der Waals surface area contributed by atoms with Crippen LogP contribution in [0.4, 0.5) is 0 Å². The molecule has 2 N–H and O–H groups in total. The summed E-state index contributed by atoms with van der Waals surface area (Å²) < 4.78 is 1.06. The molecule has 0 spiro atoms. The first-order valence-electron chi connectivity index (χ1n) is 6.94. The Hall–Kier alpha value is -1.50. The third-order valence-corrected chi connectivity index (χ3v) is 4.98. The molecule has 0 radical (unpaired) electrons. The third kappa shape index (κ3) is 2.66. The summed E-state index contributed by atoms with van der Waals surface area (Å²) in [7, 11) is 0. The number of carbonyl (C=O) groups is 1. The first kappa shape index (κ1) is 14.4. The average Bonchev–Trinajstić information content (AvgIpc) is 2.80. The van der Waals surface area contributed by atoms with E-state index in [1.807, 2.05) is 13.0 Å². The highest BCUT2D eigenvalue weighted by Crippen LogP contribution is 2.26. The average molecular weight is 306 g/mol. The predicted octanol–water partition coefficient (Wildman–Crippen LogP) is 1.56. The van der Waals surface area contributed by atoms with Gasteiger partial charge in [-0.3, -0.25) is 4.79 Å². The van der Waals surface area contributed by atoms with E-state index >= 15 is 0 Å². The Morgan fingerprint density at radius 1 is 1.52 bits per heavy atom. The van der Waals surface area contributed by atoms with Crippen molar-refractivity contribution in [3.8, 4) is 0 Å². The lowest BCUT2D eigenvalue weighted by atomic mass is 9.90. The Labute approximate surface area is 126 Å². The van der Waals surface area contributed by atoms with Crippen molar-refractivity contribution in [3.63, 3.8) is 0 Å². The van der Waals surface area contributed by atoms with Crippen LogP contribution in [0.5, 0.6) is 0 Å². The van der Waals surface area contributed by atoms with E-state index in [0.29, 0.717) is 18.5 Å². The van der Waals surface area contributed by atoms with Crippen molar-refractivity contribution in [1.29, 1.82) is 0 Å². The molecule has 2 aromatic rings. The van der Waals surface area contributed by atoms with Crippen molar-refractivity contribution in [2.45, 2.75) is 32.0 Å². The Kier molecular flexibility index (Phi) is 3.47. The number of aromatic nitrogens is 1. The highest BCUT2D eigenvalue weighted by Gasteiger charge is 2.38. The van der Waals surface area contributed by atoms with E-state index in [1.165, 1.54) is 0 Å².